The van der Waals surface area contributed by atoms with Gasteiger partial charge in [0.25, 0.3) is 0 Å². The van der Waals surface area contributed by atoms with E-state index in [1.165, 1.54) is 36.8 Å². The van der Waals surface area contributed by atoms with Gasteiger partial charge in [0.2, 0.25) is 0 Å². The molecule has 0 heterocycles. The van der Waals surface area contributed by atoms with E-state index >= 15 is 0 Å². The number of benzene rings is 1. The Kier molecular flexibility index (Phi) is 4.42. The molecule has 166 valence electrons. The summed E-state index contributed by atoms with van der Waals surface area (Å²) in [5.74, 6) is 3.22. The first-order valence-electron chi connectivity index (χ1n) is 13.0. The maximum absolute atomic E-state index is 13.9. The first-order chi connectivity index (χ1) is 14.8. The standard InChI is InChI=1S/C29H38O2/c1-27-10-5-11-28(2,24(27)9-8-22-6-3-4-7-23(22)27)25(30)15-26(31)29-16-19-12-20(17-29)14-21(13-19)18-29/h3-4,6-7,19-21,24H,5,8-18H2,1-2H3/t19?,20?,21?,24-,27-,28+,29?/m1/s1. The Hall–Kier alpha value is -1.44. The van der Waals surface area contributed by atoms with E-state index in [1.54, 1.807) is 0 Å². The van der Waals surface area contributed by atoms with Crippen molar-refractivity contribution in [3.8, 4) is 0 Å². The van der Waals surface area contributed by atoms with Gasteiger partial charge in [-0.2, -0.15) is 0 Å². The van der Waals surface area contributed by atoms with Crippen molar-refractivity contribution in [1.82, 2.24) is 0 Å². The van der Waals surface area contributed by atoms with E-state index in [2.05, 4.69) is 38.1 Å². The van der Waals surface area contributed by atoms with Crippen molar-refractivity contribution >= 4 is 11.6 Å². The van der Waals surface area contributed by atoms with Crippen molar-refractivity contribution in [3.63, 3.8) is 0 Å². The van der Waals surface area contributed by atoms with Gasteiger partial charge >= 0.3 is 0 Å². The third kappa shape index (κ3) is 2.89. The van der Waals surface area contributed by atoms with E-state index in [-0.39, 0.29) is 28.4 Å². The molecule has 1 aromatic carbocycles. The van der Waals surface area contributed by atoms with E-state index in [0.29, 0.717) is 11.7 Å². The minimum Gasteiger partial charge on any atom is -0.299 e. The van der Waals surface area contributed by atoms with Crippen LogP contribution in [0, 0.1) is 34.5 Å². The lowest BCUT2D eigenvalue weighted by atomic mass is 9.47. The Morgan fingerprint density at radius 1 is 0.903 bits per heavy atom. The highest BCUT2D eigenvalue weighted by Crippen LogP contribution is 2.62. The van der Waals surface area contributed by atoms with Crippen LogP contribution in [-0.4, -0.2) is 11.6 Å². The molecule has 0 amide bonds. The smallest absolute Gasteiger partial charge is 0.146 e. The molecule has 0 unspecified atom stereocenters. The number of ketones is 2. The molecule has 31 heavy (non-hydrogen) atoms. The fraction of sp³-hybridized carbons (Fsp3) is 0.724. The molecule has 0 aliphatic heterocycles. The zero-order valence-corrected chi connectivity index (χ0v) is 19.4. The summed E-state index contributed by atoms with van der Waals surface area (Å²) in [7, 11) is 0. The fourth-order valence-electron chi connectivity index (χ4n) is 9.75. The second kappa shape index (κ2) is 6.78. The van der Waals surface area contributed by atoms with Crippen molar-refractivity contribution in [3.05, 3.63) is 35.4 Å². The highest BCUT2D eigenvalue weighted by molar-refractivity contribution is 6.04. The quantitative estimate of drug-likeness (QED) is 0.527. The van der Waals surface area contributed by atoms with Crippen molar-refractivity contribution in [2.24, 2.45) is 34.5 Å². The Bertz CT molecular complexity index is 893. The Morgan fingerprint density at radius 3 is 2.23 bits per heavy atom. The fourth-order valence-corrected chi connectivity index (χ4v) is 9.75. The number of rotatable bonds is 4. The Balaban J connectivity index is 1.26. The van der Waals surface area contributed by atoms with E-state index in [4.69, 9.17) is 0 Å². The van der Waals surface area contributed by atoms with Crippen LogP contribution in [0.1, 0.15) is 95.6 Å². The van der Waals surface area contributed by atoms with Gasteiger partial charge < -0.3 is 0 Å². The third-order valence-electron chi connectivity index (χ3n) is 10.9. The predicted molar refractivity (Wildman–Crippen MR) is 123 cm³/mol. The molecule has 5 fully saturated rings. The molecule has 2 heteroatoms. The summed E-state index contributed by atoms with van der Waals surface area (Å²) < 4.78 is 0. The second-order valence-corrected chi connectivity index (χ2v) is 12.7. The van der Waals surface area contributed by atoms with Crippen LogP contribution in [-0.2, 0) is 21.4 Å². The minimum atomic E-state index is -0.349. The summed E-state index contributed by atoms with van der Waals surface area (Å²) in [6, 6.07) is 8.90. The highest BCUT2D eigenvalue weighted by atomic mass is 16.2. The normalized spacial score (nSPS) is 45.1. The lowest BCUT2D eigenvalue weighted by Gasteiger charge is -2.56. The van der Waals surface area contributed by atoms with E-state index < -0.39 is 0 Å². The first-order valence-corrected chi connectivity index (χ1v) is 13.0. The number of hydrogen-bond acceptors (Lipinski definition) is 2. The maximum atomic E-state index is 13.9. The molecule has 6 aliphatic rings. The number of hydrogen-bond donors (Lipinski definition) is 0. The number of carbonyl (C=O) groups is 2. The molecule has 0 radical (unpaired) electrons. The summed E-state index contributed by atoms with van der Waals surface area (Å²) in [4.78, 5) is 27.6. The van der Waals surface area contributed by atoms with Gasteiger partial charge in [-0.25, -0.2) is 0 Å². The summed E-state index contributed by atoms with van der Waals surface area (Å²) in [6.45, 7) is 4.62. The molecule has 1 aromatic rings. The van der Waals surface area contributed by atoms with Gasteiger partial charge in [-0.15, -0.1) is 0 Å². The average molecular weight is 419 g/mol. The lowest BCUT2D eigenvalue weighted by Crippen LogP contribution is -2.54. The van der Waals surface area contributed by atoms with Crippen LogP contribution >= 0.6 is 0 Å². The van der Waals surface area contributed by atoms with Gasteiger partial charge in [-0.3, -0.25) is 9.59 Å². The van der Waals surface area contributed by atoms with Gasteiger partial charge in [0.05, 0.1) is 6.42 Å². The van der Waals surface area contributed by atoms with Gasteiger partial charge in [-0.1, -0.05) is 44.5 Å². The van der Waals surface area contributed by atoms with Crippen LogP contribution in [0.2, 0.25) is 0 Å². The summed E-state index contributed by atoms with van der Waals surface area (Å²) in [5.41, 5.74) is 2.53. The molecular formula is C29H38O2. The first kappa shape index (κ1) is 20.2. The molecule has 0 spiro atoms. The topological polar surface area (TPSA) is 34.1 Å². The van der Waals surface area contributed by atoms with Gasteiger partial charge in [0.15, 0.2) is 0 Å². The largest absolute Gasteiger partial charge is 0.299 e. The Labute approximate surface area is 187 Å². The zero-order valence-electron chi connectivity index (χ0n) is 19.4. The summed E-state index contributed by atoms with van der Waals surface area (Å²) in [6.07, 6.45) is 12.9. The minimum absolute atomic E-state index is 0.0707. The second-order valence-electron chi connectivity index (χ2n) is 12.7. The molecule has 7 rings (SSSR count). The van der Waals surface area contributed by atoms with Crippen LogP contribution in [0.4, 0.5) is 0 Å². The van der Waals surface area contributed by atoms with Crippen LogP contribution in [0.15, 0.2) is 24.3 Å². The van der Waals surface area contributed by atoms with E-state index in [1.807, 2.05) is 0 Å². The molecule has 0 N–H and O–H groups in total. The van der Waals surface area contributed by atoms with Crippen LogP contribution in [0.3, 0.4) is 0 Å². The number of carbonyl (C=O) groups excluding carboxylic acids is 2. The number of Topliss-reactive ketones (excluding diaryl/α,β-unsaturated/α-hetero) is 2. The molecule has 4 bridgehead atoms. The van der Waals surface area contributed by atoms with Crippen LogP contribution < -0.4 is 0 Å². The number of fused-ring (bicyclic) bond motifs is 3. The van der Waals surface area contributed by atoms with E-state index in [9.17, 15) is 9.59 Å². The van der Waals surface area contributed by atoms with Gasteiger partial charge in [0.1, 0.15) is 11.6 Å². The third-order valence-corrected chi connectivity index (χ3v) is 10.9. The zero-order chi connectivity index (χ0) is 21.4. The highest BCUT2D eigenvalue weighted by Gasteiger charge is 2.57. The Morgan fingerprint density at radius 2 is 1.55 bits per heavy atom. The summed E-state index contributed by atoms with van der Waals surface area (Å²) in [5, 5.41) is 0. The van der Waals surface area contributed by atoms with Crippen molar-refractivity contribution in [2.75, 3.05) is 0 Å². The molecule has 6 aliphatic carbocycles. The lowest BCUT2D eigenvalue weighted by molar-refractivity contribution is -0.150. The molecule has 0 aromatic heterocycles. The maximum Gasteiger partial charge on any atom is 0.146 e. The SMILES string of the molecule is C[C@]1(C(=O)CC(=O)C23CC4CC(CC(C4)C2)C3)CCC[C@]2(C)c3ccccc3CC[C@@H]12. The molecule has 3 atom stereocenters. The molecular weight excluding hydrogens is 380 g/mol. The predicted octanol–water partition coefficient (Wildman–Crippen LogP) is 6.44. The molecule has 2 nitrogen and oxygen atoms in total. The van der Waals surface area contributed by atoms with Crippen molar-refractivity contribution in [1.29, 1.82) is 0 Å². The van der Waals surface area contributed by atoms with Crippen LogP contribution in [0.25, 0.3) is 0 Å². The van der Waals surface area contributed by atoms with Crippen LogP contribution in [0.5, 0.6) is 0 Å². The molecule has 5 saturated carbocycles. The monoisotopic (exact) mass is 418 g/mol. The van der Waals surface area contributed by atoms with Crippen molar-refractivity contribution < 1.29 is 9.59 Å². The average Bonchev–Trinajstić information content (AvgIpc) is 2.72. The molecule has 0 saturated heterocycles. The van der Waals surface area contributed by atoms with Gasteiger partial charge in [0, 0.05) is 10.8 Å². The van der Waals surface area contributed by atoms with Crippen molar-refractivity contribution in [2.45, 2.75) is 96.3 Å². The number of aryl methyl sites for hydroxylation is 1. The van der Waals surface area contributed by atoms with E-state index in [0.717, 1.165) is 62.7 Å². The summed E-state index contributed by atoms with van der Waals surface area (Å²) >= 11 is 0. The van der Waals surface area contributed by atoms with Gasteiger partial charge in [-0.05, 0) is 104 Å².